The quantitative estimate of drug-likeness (QED) is 0.171. The summed E-state index contributed by atoms with van der Waals surface area (Å²) in [5.41, 5.74) is 15.1. The molecule has 5 aliphatic rings. The Morgan fingerprint density at radius 2 is 1.56 bits per heavy atom. The van der Waals surface area contributed by atoms with Crippen LogP contribution in [0.3, 0.4) is 0 Å². The Labute approximate surface area is 256 Å². The Morgan fingerprint density at radius 3 is 2.42 bits per heavy atom. The Bertz CT molecular complexity index is 2040. The van der Waals surface area contributed by atoms with Crippen molar-refractivity contribution in [2.45, 2.75) is 89.5 Å². The molecule has 0 amide bonds. The fourth-order valence-electron chi connectivity index (χ4n) is 11.1. The molecule has 4 atom stereocenters. The van der Waals surface area contributed by atoms with Gasteiger partial charge < -0.3 is 9.47 Å². The highest BCUT2D eigenvalue weighted by molar-refractivity contribution is 7.00. The number of hydrogen-bond acceptors (Lipinski definition) is 1. The second-order valence-electron chi connectivity index (χ2n) is 16.0. The molecular formula is C40H41BN2. The van der Waals surface area contributed by atoms with Gasteiger partial charge in [-0.1, -0.05) is 102 Å². The van der Waals surface area contributed by atoms with Crippen LogP contribution >= 0.6 is 0 Å². The van der Waals surface area contributed by atoms with Gasteiger partial charge in [0.1, 0.15) is 0 Å². The van der Waals surface area contributed by atoms with E-state index in [1.807, 2.05) is 0 Å². The summed E-state index contributed by atoms with van der Waals surface area (Å²) in [5.74, 6) is 1.61. The molecule has 0 bridgehead atoms. The molecule has 2 aliphatic carbocycles. The molecular weight excluding hydrogens is 519 g/mol. The van der Waals surface area contributed by atoms with Gasteiger partial charge in [0.2, 0.25) is 0 Å². The highest BCUT2D eigenvalue weighted by Gasteiger charge is 2.66. The maximum Gasteiger partial charge on any atom is 0.252 e. The number of para-hydroxylation sites is 2. The number of benzene rings is 4. The van der Waals surface area contributed by atoms with Crippen LogP contribution in [0.4, 0.5) is 11.4 Å². The van der Waals surface area contributed by atoms with E-state index in [0.29, 0.717) is 0 Å². The number of hydrogen-bond donors (Lipinski definition) is 0. The highest BCUT2D eigenvalue weighted by atomic mass is 15.3. The van der Waals surface area contributed by atoms with Crippen molar-refractivity contribution in [1.29, 1.82) is 0 Å². The molecule has 0 radical (unpaired) electrons. The standard InChI is InChI=1S/C40H41BN2/c1-38(2,3)25-22-29-37-31(23-25)41-30-16-10-14-27-26-13-7-9-17-32(26)42(36(27)30)33-18-11-19-34(35(33)41)43(37)39(4)21-20-24-12-6-8-15-28(24)40(29,39)5/h7,9-11,13-14,16-19,22-24,28H,6,8,12,15,20-21H2,1-5H3. The minimum absolute atomic E-state index is 0.0598. The number of anilines is 2. The summed E-state index contributed by atoms with van der Waals surface area (Å²) in [5, 5.41) is 2.74. The maximum absolute atomic E-state index is 2.90. The van der Waals surface area contributed by atoms with Crippen LogP contribution in [-0.2, 0) is 10.8 Å². The number of aromatic nitrogens is 1. The normalized spacial score (nSPS) is 28.1. The smallest absolute Gasteiger partial charge is 0.252 e. The third kappa shape index (κ3) is 2.72. The predicted octanol–water partition coefficient (Wildman–Crippen LogP) is 7.99. The van der Waals surface area contributed by atoms with Crippen molar-refractivity contribution in [1.82, 2.24) is 4.57 Å². The summed E-state index contributed by atoms with van der Waals surface area (Å²) in [6, 6.07) is 28.7. The monoisotopic (exact) mass is 560 g/mol. The van der Waals surface area contributed by atoms with Crippen LogP contribution in [0.25, 0.3) is 27.5 Å². The van der Waals surface area contributed by atoms with E-state index in [1.165, 1.54) is 88.2 Å². The van der Waals surface area contributed by atoms with Crippen molar-refractivity contribution in [2.24, 2.45) is 11.8 Å². The average Bonchev–Trinajstić information content (AvgIpc) is 3.46. The van der Waals surface area contributed by atoms with Crippen molar-refractivity contribution in [2.75, 3.05) is 4.90 Å². The fourth-order valence-corrected chi connectivity index (χ4v) is 11.1. The molecule has 3 aliphatic heterocycles. The summed E-state index contributed by atoms with van der Waals surface area (Å²) >= 11 is 0. The van der Waals surface area contributed by atoms with Gasteiger partial charge in [-0.15, -0.1) is 0 Å². The Balaban J connectivity index is 1.37. The highest BCUT2D eigenvalue weighted by Crippen LogP contribution is 2.66. The minimum atomic E-state index is 0.0598. The van der Waals surface area contributed by atoms with Crippen molar-refractivity contribution >= 4 is 56.3 Å². The first kappa shape index (κ1) is 24.9. The van der Waals surface area contributed by atoms with E-state index >= 15 is 0 Å². The summed E-state index contributed by atoms with van der Waals surface area (Å²) in [7, 11) is 0. The number of nitrogens with zero attached hydrogens (tertiary/aromatic N) is 2. The van der Waals surface area contributed by atoms with Crippen molar-refractivity contribution in [3.05, 3.63) is 83.9 Å². The zero-order valence-corrected chi connectivity index (χ0v) is 26.3. The predicted molar refractivity (Wildman–Crippen MR) is 183 cm³/mol. The summed E-state index contributed by atoms with van der Waals surface area (Å²) in [6.45, 7) is 12.8. The first-order valence-electron chi connectivity index (χ1n) is 16.9. The first-order valence-corrected chi connectivity index (χ1v) is 16.9. The van der Waals surface area contributed by atoms with Crippen LogP contribution < -0.4 is 21.3 Å². The van der Waals surface area contributed by atoms with Gasteiger partial charge in [0.15, 0.2) is 0 Å². The molecule has 2 nitrogen and oxygen atoms in total. The molecule has 3 heteroatoms. The molecule has 5 aromatic rings. The molecule has 4 aromatic carbocycles. The van der Waals surface area contributed by atoms with E-state index < -0.39 is 0 Å². The summed E-state index contributed by atoms with van der Waals surface area (Å²) in [4.78, 5) is 2.90. The maximum atomic E-state index is 2.90. The Hall–Kier alpha value is -3.46. The Morgan fingerprint density at radius 1 is 0.791 bits per heavy atom. The van der Waals surface area contributed by atoms with E-state index in [1.54, 1.807) is 16.7 Å². The van der Waals surface area contributed by atoms with E-state index in [4.69, 9.17) is 0 Å². The SMILES string of the molecule is CC(C)(C)c1cc2c3c(c1)C1(C)C4CCCCC4CCC1(C)N3c1cccc3c1B2c1cccc2c4ccccc4n-3c12. The van der Waals surface area contributed by atoms with Crippen LogP contribution in [0.5, 0.6) is 0 Å². The molecule has 0 N–H and O–H groups in total. The van der Waals surface area contributed by atoms with Crippen LogP contribution in [0.15, 0.2) is 72.8 Å². The van der Waals surface area contributed by atoms with Gasteiger partial charge in [-0.05, 0) is 89.2 Å². The number of rotatable bonds is 0. The van der Waals surface area contributed by atoms with Gasteiger partial charge in [0.25, 0.3) is 6.71 Å². The second kappa shape index (κ2) is 7.78. The lowest BCUT2D eigenvalue weighted by atomic mass is 9.33. The zero-order valence-electron chi connectivity index (χ0n) is 26.3. The van der Waals surface area contributed by atoms with E-state index in [9.17, 15) is 0 Å². The summed E-state index contributed by atoms with van der Waals surface area (Å²) in [6.07, 6.45) is 8.25. The third-order valence-corrected chi connectivity index (χ3v) is 13.2. The van der Waals surface area contributed by atoms with E-state index in [-0.39, 0.29) is 23.1 Å². The zero-order chi connectivity index (χ0) is 29.0. The molecule has 2 saturated carbocycles. The average molecular weight is 561 g/mol. The molecule has 4 heterocycles. The third-order valence-electron chi connectivity index (χ3n) is 13.2. The molecule has 214 valence electrons. The van der Waals surface area contributed by atoms with Crippen LogP contribution in [-0.4, -0.2) is 16.8 Å². The number of fused-ring (bicyclic) bond motifs is 12. The first-order chi connectivity index (χ1) is 20.7. The molecule has 1 aromatic heterocycles. The van der Waals surface area contributed by atoms with Crippen molar-refractivity contribution < 1.29 is 0 Å². The van der Waals surface area contributed by atoms with Crippen molar-refractivity contribution in [3.63, 3.8) is 0 Å². The summed E-state index contributed by atoms with van der Waals surface area (Å²) < 4.78 is 2.60. The lowest BCUT2D eigenvalue weighted by Crippen LogP contribution is -2.65. The van der Waals surface area contributed by atoms with Crippen molar-refractivity contribution in [3.8, 4) is 5.69 Å². The van der Waals surface area contributed by atoms with Gasteiger partial charge in [0, 0.05) is 38.8 Å². The molecule has 43 heavy (non-hydrogen) atoms. The van der Waals surface area contributed by atoms with Crippen LogP contribution in [0.1, 0.15) is 84.3 Å². The van der Waals surface area contributed by atoms with E-state index in [2.05, 4.69) is 117 Å². The molecule has 2 fully saturated rings. The van der Waals surface area contributed by atoms with Gasteiger partial charge in [0.05, 0.1) is 11.1 Å². The topological polar surface area (TPSA) is 8.17 Å². The molecule has 0 saturated heterocycles. The van der Waals surface area contributed by atoms with Gasteiger partial charge in [-0.25, -0.2) is 0 Å². The molecule has 10 rings (SSSR count). The lowest BCUT2D eigenvalue weighted by Gasteiger charge is -2.58. The lowest BCUT2D eigenvalue weighted by molar-refractivity contribution is 0.0321. The van der Waals surface area contributed by atoms with Gasteiger partial charge >= 0.3 is 0 Å². The Kier molecular flexibility index (Phi) is 4.51. The van der Waals surface area contributed by atoms with Crippen LogP contribution in [0.2, 0.25) is 0 Å². The van der Waals surface area contributed by atoms with E-state index in [0.717, 1.165) is 11.8 Å². The van der Waals surface area contributed by atoms with Gasteiger partial charge in [-0.2, -0.15) is 0 Å². The van der Waals surface area contributed by atoms with Gasteiger partial charge in [-0.3, -0.25) is 0 Å². The second-order valence-corrected chi connectivity index (χ2v) is 16.0. The largest absolute Gasteiger partial charge is 0.335 e. The molecule has 0 spiro atoms. The molecule has 4 unspecified atom stereocenters. The fraction of sp³-hybridized carbons (Fsp3) is 0.400. The van der Waals surface area contributed by atoms with Crippen LogP contribution in [0, 0.1) is 11.8 Å². The minimum Gasteiger partial charge on any atom is -0.335 e.